The molecule has 0 aromatic heterocycles. The van der Waals surface area contributed by atoms with Gasteiger partial charge in [-0.05, 0) is 23.8 Å². The van der Waals surface area contributed by atoms with Crippen molar-refractivity contribution >= 4 is 23.9 Å². The van der Waals surface area contributed by atoms with E-state index in [1.807, 2.05) is 0 Å². The fourth-order valence-corrected chi connectivity index (χ4v) is 1.57. The number of nitrogens with two attached hydrogens (primary N) is 1. The molecule has 0 saturated carbocycles. The first-order valence-corrected chi connectivity index (χ1v) is 6.84. The van der Waals surface area contributed by atoms with E-state index in [2.05, 4.69) is 14.8 Å². The van der Waals surface area contributed by atoms with Crippen LogP contribution in [0.2, 0.25) is 0 Å². The second-order valence-corrected chi connectivity index (χ2v) is 4.47. The minimum Gasteiger partial charge on any atom is -0.493 e. The van der Waals surface area contributed by atoms with Gasteiger partial charge in [-0.2, -0.15) is 8.78 Å². The molecule has 136 valence electrons. The van der Waals surface area contributed by atoms with Crippen LogP contribution < -0.4 is 20.5 Å². The molecule has 10 heteroatoms. The summed E-state index contributed by atoms with van der Waals surface area (Å²) < 4.78 is 38.3. The van der Waals surface area contributed by atoms with Crippen LogP contribution in [0.25, 0.3) is 6.08 Å². The van der Waals surface area contributed by atoms with Gasteiger partial charge < -0.3 is 25.3 Å². The van der Waals surface area contributed by atoms with Crippen molar-refractivity contribution in [3.05, 3.63) is 29.8 Å². The first kappa shape index (κ1) is 19.9. The zero-order valence-electron chi connectivity index (χ0n) is 13.2. The molecule has 8 nitrogen and oxygen atoms in total. The zero-order valence-corrected chi connectivity index (χ0v) is 13.2. The van der Waals surface area contributed by atoms with Gasteiger partial charge >= 0.3 is 12.6 Å². The van der Waals surface area contributed by atoms with E-state index in [1.165, 1.54) is 31.4 Å². The first-order chi connectivity index (χ1) is 11.8. The van der Waals surface area contributed by atoms with Gasteiger partial charge in [0.05, 0.1) is 13.7 Å². The second-order valence-electron chi connectivity index (χ2n) is 4.47. The molecular weight excluding hydrogens is 342 g/mol. The summed E-state index contributed by atoms with van der Waals surface area (Å²) in [6.07, 6.45) is 2.36. The molecular formula is C15H16F2N2O6. The average molecular weight is 358 g/mol. The Morgan fingerprint density at radius 3 is 2.60 bits per heavy atom. The van der Waals surface area contributed by atoms with E-state index in [1.54, 1.807) is 0 Å². The summed E-state index contributed by atoms with van der Waals surface area (Å²) in [5.74, 6) is -2.32. The van der Waals surface area contributed by atoms with Gasteiger partial charge in [0.25, 0.3) is 5.91 Å². The molecule has 0 atom stereocenters. The monoisotopic (exact) mass is 358 g/mol. The van der Waals surface area contributed by atoms with Crippen molar-refractivity contribution in [3.63, 3.8) is 0 Å². The van der Waals surface area contributed by atoms with E-state index in [0.717, 1.165) is 6.08 Å². The number of hydrogen-bond donors (Lipinski definition) is 2. The van der Waals surface area contributed by atoms with Crippen LogP contribution in [0.3, 0.4) is 0 Å². The molecule has 0 spiro atoms. The number of primary amides is 1. The maximum absolute atomic E-state index is 12.2. The van der Waals surface area contributed by atoms with Crippen molar-refractivity contribution < 1.29 is 37.4 Å². The Hall–Kier alpha value is -3.17. The lowest BCUT2D eigenvalue weighted by molar-refractivity contribution is -0.143. The van der Waals surface area contributed by atoms with Gasteiger partial charge in [0.15, 0.2) is 18.1 Å². The minimum atomic E-state index is -2.99. The highest BCUT2D eigenvalue weighted by Gasteiger charge is 2.10. The van der Waals surface area contributed by atoms with Crippen LogP contribution in [0, 0.1) is 0 Å². The molecule has 0 unspecified atom stereocenters. The van der Waals surface area contributed by atoms with E-state index >= 15 is 0 Å². The number of benzene rings is 1. The average Bonchev–Trinajstić information content (AvgIpc) is 2.56. The van der Waals surface area contributed by atoms with Gasteiger partial charge in [-0.3, -0.25) is 9.59 Å². The van der Waals surface area contributed by atoms with Crippen LogP contribution >= 0.6 is 0 Å². The predicted octanol–water partition coefficient (Wildman–Crippen LogP) is 0.455. The molecule has 0 fully saturated rings. The molecule has 0 saturated heterocycles. The maximum Gasteiger partial charge on any atom is 0.387 e. The number of carbonyl (C=O) groups is 3. The summed E-state index contributed by atoms with van der Waals surface area (Å²) >= 11 is 0. The third kappa shape index (κ3) is 7.77. The van der Waals surface area contributed by atoms with Gasteiger partial charge in [0.2, 0.25) is 5.91 Å². The highest BCUT2D eigenvalue weighted by Crippen LogP contribution is 2.29. The molecule has 0 bridgehead atoms. The number of hydrogen-bond acceptors (Lipinski definition) is 6. The summed E-state index contributed by atoms with van der Waals surface area (Å²) in [6.45, 7) is -3.94. The molecule has 0 aliphatic rings. The molecule has 2 amide bonds. The van der Waals surface area contributed by atoms with Crippen LogP contribution in [0.5, 0.6) is 11.5 Å². The van der Waals surface area contributed by atoms with Crippen molar-refractivity contribution in [1.29, 1.82) is 0 Å². The lowest BCUT2D eigenvalue weighted by Crippen LogP contribution is -2.35. The Morgan fingerprint density at radius 1 is 1.28 bits per heavy atom. The molecule has 0 aliphatic carbocycles. The van der Waals surface area contributed by atoms with E-state index < -0.39 is 31.0 Å². The molecule has 1 aromatic rings. The molecule has 0 radical (unpaired) electrons. The number of alkyl halides is 2. The number of rotatable bonds is 9. The Bertz CT molecular complexity index is 663. The number of ether oxygens (including phenoxy) is 3. The van der Waals surface area contributed by atoms with E-state index in [0.29, 0.717) is 5.56 Å². The lowest BCUT2D eigenvalue weighted by atomic mass is 10.2. The van der Waals surface area contributed by atoms with Crippen molar-refractivity contribution in [1.82, 2.24) is 5.32 Å². The zero-order chi connectivity index (χ0) is 18.8. The summed E-state index contributed by atoms with van der Waals surface area (Å²) in [5, 5.41) is 2.14. The number of halogens is 2. The fraction of sp³-hybridized carbons (Fsp3) is 0.267. The highest BCUT2D eigenvalue weighted by atomic mass is 19.3. The van der Waals surface area contributed by atoms with Crippen LogP contribution in [0.4, 0.5) is 8.78 Å². The molecule has 0 heterocycles. The second kappa shape index (κ2) is 9.85. The SMILES string of the molecule is COc1cc(/C=C/C(=O)OCC(=O)NCC(N)=O)ccc1OC(F)F. The third-order valence-corrected chi connectivity index (χ3v) is 2.62. The van der Waals surface area contributed by atoms with Crippen molar-refractivity contribution in [2.75, 3.05) is 20.3 Å². The largest absolute Gasteiger partial charge is 0.493 e. The number of carbonyl (C=O) groups excluding carboxylic acids is 3. The van der Waals surface area contributed by atoms with E-state index in [4.69, 9.17) is 10.5 Å². The smallest absolute Gasteiger partial charge is 0.387 e. The van der Waals surface area contributed by atoms with Crippen LogP contribution in [0.15, 0.2) is 24.3 Å². The minimum absolute atomic E-state index is 0.0571. The number of esters is 1. The Morgan fingerprint density at radius 2 is 2.00 bits per heavy atom. The molecule has 1 rings (SSSR count). The molecule has 3 N–H and O–H groups in total. The lowest BCUT2D eigenvalue weighted by Gasteiger charge is -2.10. The highest BCUT2D eigenvalue weighted by molar-refractivity contribution is 5.90. The van der Waals surface area contributed by atoms with Gasteiger partial charge in [-0.1, -0.05) is 6.07 Å². The molecule has 25 heavy (non-hydrogen) atoms. The normalized spacial score (nSPS) is 10.6. The number of amides is 2. The maximum atomic E-state index is 12.2. The van der Waals surface area contributed by atoms with Gasteiger partial charge in [0.1, 0.15) is 0 Å². The van der Waals surface area contributed by atoms with Crippen LogP contribution in [0.1, 0.15) is 5.56 Å². The first-order valence-electron chi connectivity index (χ1n) is 6.84. The third-order valence-electron chi connectivity index (χ3n) is 2.62. The van der Waals surface area contributed by atoms with Crippen molar-refractivity contribution in [2.24, 2.45) is 5.73 Å². The van der Waals surface area contributed by atoms with Gasteiger partial charge in [0, 0.05) is 6.08 Å². The fourth-order valence-electron chi connectivity index (χ4n) is 1.57. The topological polar surface area (TPSA) is 117 Å². The molecule has 1 aromatic carbocycles. The number of nitrogens with one attached hydrogen (secondary N) is 1. The van der Waals surface area contributed by atoms with Gasteiger partial charge in [-0.15, -0.1) is 0 Å². The summed E-state index contributed by atoms with van der Waals surface area (Å²) in [5.41, 5.74) is 5.29. The van der Waals surface area contributed by atoms with E-state index in [9.17, 15) is 23.2 Å². The summed E-state index contributed by atoms with van der Waals surface area (Å²) in [6, 6.07) is 4.05. The predicted molar refractivity (Wildman–Crippen MR) is 81.8 cm³/mol. The standard InChI is InChI=1S/C15H16F2N2O6/c1-23-11-6-9(2-4-10(11)25-15(16)17)3-5-14(22)24-8-13(21)19-7-12(18)20/h2-6,15H,7-8H2,1H3,(H2,18,20)(H,19,21)/b5-3+. The van der Waals surface area contributed by atoms with E-state index in [-0.39, 0.29) is 18.0 Å². The van der Waals surface area contributed by atoms with Gasteiger partial charge in [-0.25, -0.2) is 4.79 Å². The van der Waals surface area contributed by atoms with Crippen molar-refractivity contribution in [3.8, 4) is 11.5 Å². The molecule has 0 aliphatic heterocycles. The summed E-state index contributed by atoms with van der Waals surface area (Å²) in [7, 11) is 1.28. The number of methoxy groups -OCH3 is 1. The summed E-state index contributed by atoms with van der Waals surface area (Å²) in [4.78, 5) is 33.2. The Labute approximate surface area is 141 Å². The quantitative estimate of drug-likeness (QED) is 0.489. The Balaban J connectivity index is 2.58. The van der Waals surface area contributed by atoms with Crippen LogP contribution in [-0.2, 0) is 19.1 Å². The van der Waals surface area contributed by atoms with Crippen LogP contribution in [-0.4, -0.2) is 44.7 Å². The van der Waals surface area contributed by atoms with Crippen molar-refractivity contribution in [2.45, 2.75) is 6.61 Å². The Kier molecular flexibility index (Phi) is 7.83.